The van der Waals surface area contributed by atoms with Crippen LogP contribution in [0.1, 0.15) is 18.5 Å². The van der Waals surface area contributed by atoms with E-state index in [0.29, 0.717) is 4.31 Å². The molecule has 0 aliphatic carbocycles. The molecule has 3 rings (SSSR count). The Morgan fingerprint density at radius 1 is 1.30 bits per heavy atom. The van der Waals surface area contributed by atoms with Gasteiger partial charge >= 0.3 is 12.1 Å². The van der Waals surface area contributed by atoms with Crippen LogP contribution in [0, 0.1) is 10.1 Å². The van der Waals surface area contributed by atoms with Gasteiger partial charge in [-0.25, -0.2) is 22.3 Å². The van der Waals surface area contributed by atoms with E-state index in [1.807, 2.05) is 0 Å². The lowest BCUT2D eigenvalue weighted by atomic mass is 10.1. The van der Waals surface area contributed by atoms with Gasteiger partial charge in [0.15, 0.2) is 0 Å². The maximum Gasteiger partial charge on any atom is 0.411 e. The van der Waals surface area contributed by atoms with E-state index in [1.54, 1.807) is 37.3 Å². The van der Waals surface area contributed by atoms with Gasteiger partial charge in [-0.2, -0.15) is 0 Å². The Morgan fingerprint density at radius 2 is 2.00 bits per heavy atom. The number of carbonyl (C=O) groups excluding carboxylic acids is 2. The molecule has 3 amide bonds. The summed E-state index contributed by atoms with van der Waals surface area (Å²) < 4.78 is 31.2. The van der Waals surface area contributed by atoms with Gasteiger partial charge in [-0.1, -0.05) is 30.3 Å². The molecule has 2 aromatic carbocycles. The molecule has 2 N–H and O–H groups in total. The van der Waals surface area contributed by atoms with Crippen LogP contribution in [0.15, 0.2) is 53.4 Å². The number of hydrogen-bond donors (Lipinski definition) is 2. The average Bonchev–Trinajstić information content (AvgIpc) is 3.11. The van der Waals surface area contributed by atoms with Crippen LogP contribution in [0.25, 0.3) is 0 Å². The van der Waals surface area contributed by atoms with E-state index in [-0.39, 0.29) is 18.8 Å². The molecule has 0 saturated carbocycles. The monoisotopic (exact) mass is 434 g/mol. The van der Waals surface area contributed by atoms with Crippen molar-refractivity contribution < 1.29 is 27.7 Å². The fourth-order valence-electron chi connectivity index (χ4n) is 2.93. The number of urea groups is 1. The highest BCUT2D eigenvalue weighted by atomic mass is 32.2. The van der Waals surface area contributed by atoms with Gasteiger partial charge in [-0.05, 0) is 24.6 Å². The van der Waals surface area contributed by atoms with Crippen molar-refractivity contribution in [2.45, 2.75) is 17.9 Å². The zero-order valence-corrected chi connectivity index (χ0v) is 16.6. The second-order valence-corrected chi connectivity index (χ2v) is 8.09. The molecule has 1 atom stereocenters. The van der Waals surface area contributed by atoms with E-state index < -0.39 is 43.7 Å². The van der Waals surface area contributed by atoms with Crippen molar-refractivity contribution in [3.05, 3.63) is 64.2 Å². The number of benzene rings is 2. The Balaban J connectivity index is 1.90. The van der Waals surface area contributed by atoms with Crippen molar-refractivity contribution in [3.63, 3.8) is 0 Å². The lowest BCUT2D eigenvalue weighted by Crippen LogP contribution is -2.34. The van der Waals surface area contributed by atoms with Crippen LogP contribution in [0.2, 0.25) is 0 Å². The average molecular weight is 434 g/mol. The lowest BCUT2D eigenvalue weighted by molar-refractivity contribution is -0.384. The third-order valence-corrected chi connectivity index (χ3v) is 6.09. The molecule has 30 heavy (non-hydrogen) atoms. The number of rotatable bonds is 6. The minimum absolute atomic E-state index is 0.0543. The van der Waals surface area contributed by atoms with Gasteiger partial charge in [0.25, 0.3) is 15.7 Å². The normalized spacial score (nSPS) is 16.1. The minimum Gasteiger partial charge on any atom is -0.450 e. The summed E-state index contributed by atoms with van der Waals surface area (Å²) in [6, 6.07) is 10.4. The molecule has 12 heteroatoms. The van der Waals surface area contributed by atoms with Gasteiger partial charge < -0.3 is 10.1 Å². The molecule has 0 aromatic heterocycles. The van der Waals surface area contributed by atoms with Gasteiger partial charge in [0.2, 0.25) is 0 Å². The Morgan fingerprint density at radius 3 is 2.63 bits per heavy atom. The molecule has 1 fully saturated rings. The molecule has 11 nitrogen and oxygen atoms in total. The summed E-state index contributed by atoms with van der Waals surface area (Å²) >= 11 is 0. The second-order valence-electron chi connectivity index (χ2n) is 6.23. The number of nitrogens with zero attached hydrogens (tertiary/aromatic N) is 2. The fourth-order valence-corrected chi connectivity index (χ4v) is 4.30. The van der Waals surface area contributed by atoms with Gasteiger partial charge in [0.05, 0.1) is 29.0 Å². The van der Waals surface area contributed by atoms with E-state index in [4.69, 9.17) is 0 Å². The maximum atomic E-state index is 13.0. The molecule has 1 heterocycles. The number of sulfonamides is 1. The van der Waals surface area contributed by atoms with Gasteiger partial charge in [0, 0.05) is 6.07 Å². The van der Waals surface area contributed by atoms with Gasteiger partial charge in [0.1, 0.15) is 5.69 Å². The first-order valence-corrected chi connectivity index (χ1v) is 10.3. The zero-order chi connectivity index (χ0) is 21.9. The molecule has 0 radical (unpaired) electrons. The molecule has 0 bridgehead atoms. The Labute approximate surface area is 171 Å². The van der Waals surface area contributed by atoms with Crippen LogP contribution in [-0.2, 0) is 14.8 Å². The molecule has 0 spiro atoms. The van der Waals surface area contributed by atoms with Crippen LogP contribution in [0.4, 0.5) is 21.0 Å². The highest BCUT2D eigenvalue weighted by molar-refractivity contribution is 7.89. The van der Waals surface area contributed by atoms with Crippen LogP contribution in [0.5, 0.6) is 0 Å². The van der Waals surface area contributed by atoms with E-state index >= 15 is 0 Å². The molecule has 1 aliphatic rings. The third-order valence-electron chi connectivity index (χ3n) is 4.34. The number of nitrogens with one attached hydrogen (secondary N) is 2. The number of nitro benzene ring substituents is 1. The van der Waals surface area contributed by atoms with E-state index in [9.17, 15) is 28.1 Å². The molecule has 1 saturated heterocycles. The number of hydrogen-bond acceptors (Lipinski definition) is 7. The van der Waals surface area contributed by atoms with Crippen molar-refractivity contribution in [3.8, 4) is 0 Å². The second kappa shape index (κ2) is 8.37. The van der Waals surface area contributed by atoms with Gasteiger partial charge in [-0.15, -0.1) is 0 Å². The molecular weight excluding hydrogens is 416 g/mol. The Hall–Kier alpha value is -3.67. The number of anilines is 1. The summed E-state index contributed by atoms with van der Waals surface area (Å²) in [5.41, 5.74) is -0.155. The fraction of sp³-hybridized carbons (Fsp3) is 0.222. The number of amides is 3. The first-order valence-electron chi connectivity index (χ1n) is 8.84. The molecule has 1 aliphatic heterocycles. The molecule has 0 unspecified atom stereocenters. The van der Waals surface area contributed by atoms with Crippen molar-refractivity contribution in [1.29, 1.82) is 0 Å². The van der Waals surface area contributed by atoms with Crippen molar-refractivity contribution in [2.75, 3.05) is 18.5 Å². The maximum absolute atomic E-state index is 13.0. The lowest BCUT2D eigenvalue weighted by Gasteiger charge is -2.16. The van der Waals surface area contributed by atoms with Crippen LogP contribution in [0.3, 0.4) is 0 Å². The predicted octanol–water partition coefficient (Wildman–Crippen LogP) is 2.62. The third kappa shape index (κ3) is 4.17. The standard InChI is InChI=1S/C18H18N4O7S/c1-2-29-18(24)20-14-9-8-13(10-16(14)22(25)26)30(27,28)21-11-15(19-17(21)23)12-6-4-3-5-7-12/h3-10,15H,2,11H2,1H3,(H,19,23)(H,20,24)/t15-/m1/s1. The zero-order valence-electron chi connectivity index (χ0n) is 15.8. The quantitative estimate of drug-likeness (QED) is 0.524. The van der Waals surface area contributed by atoms with Crippen molar-refractivity contribution in [2.24, 2.45) is 0 Å². The Kier molecular flexibility index (Phi) is 5.87. The van der Waals surface area contributed by atoms with Gasteiger partial charge in [-0.3, -0.25) is 15.4 Å². The topological polar surface area (TPSA) is 148 Å². The molecular formula is C18H18N4O7S. The molecule has 2 aromatic rings. The summed E-state index contributed by atoms with van der Waals surface area (Å²) in [6.07, 6.45) is -0.916. The number of ether oxygens (including phenoxy) is 1. The summed E-state index contributed by atoms with van der Waals surface area (Å²) in [6.45, 7) is 1.45. The van der Waals surface area contributed by atoms with Crippen LogP contribution < -0.4 is 10.6 Å². The Bertz CT molecular complexity index is 1090. The van der Waals surface area contributed by atoms with Crippen LogP contribution in [-0.4, -0.2) is 42.9 Å². The number of carbonyl (C=O) groups is 2. The first kappa shape index (κ1) is 21.0. The first-order chi connectivity index (χ1) is 14.2. The SMILES string of the molecule is CCOC(=O)Nc1ccc(S(=O)(=O)N2C[C@H](c3ccccc3)NC2=O)cc1[N+](=O)[O-]. The van der Waals surface area contributed by atoms with Crippen molar-refractivity contribution >= 4 is 33.5 Å². The molecule has 158 valence electrons. The largest absolute Gasteiger partial charge is 0.450 e. The summed E-state index contributed by atoms with van der Waals surface area (Å²) in [5.74, 6) is 0. The van der Waals surface area contributed by atoms with E-state index in [2.05, 4.69) is 15.4 Å². The highest BCUT2D eigenvalue weighted by Crippen LogP contribution is 2.31. The highest BCUT2D eigenvalue weighted by Gasteiger charge is 2.39. The minimum atomic E-state index is -4.37. The smallest absolute Gasteiger partial charge is 0.411 e. The van der Waals surface area contributed by atoms with Crippen LogP contribution >= 0.6 is 0 Å². The van der Waals surface area contributed by atoms with E-state index in [0.717, 1.165) is 23.8 Å². The number of nitro groups is 1. The summed E-state index contributed by atoms with van der Waals surface area (Å²) in [5, 5.41) is 16.2. The summed E-state index contributed by atoms with van der Waals surface area (Å²) in [4.78, 5) is 34.0. The van der Waals surface area contributed by atoms with Crippen molar-refractivity contribution in [1.82, 2.24) is 9.62 Å². The predicted molar refractivity (Wildman–Crippen MR) is 105 cm³/mol. The summed E-state index contributed by atoms with van der Waals surface area (Å²) in [7, 11) is -4.37. The van der Waals surface area contributed by atoms with E-state index in [1.165, 1.54) is 0 Å².